The minimum Gasteiger partial charge on any atom is -0.423 e. The molecule has 6 heteroatoms. The fourth-order valence-electron chi connectivity index (χ4n) is 2.97. The van der Waals surface area contributed by atoms with Crippen molar-refractivity contribution in [2.75, 3.05) is 18.9 Å². The molecule has 0 spiro atoms. The molecule has 27 heavy (non-hydrogen) atoms. The zero-order valence-electron chi connectivity index (χ0n) is 15.3. The normalized spacial score (nSPS) is 11.1. The van der Waals surface area contributed by atoms with Gasteiger partial charge in [-0.25, -0.2) is 4.79 Å². The molecular formula is C21H21ClN2O3. The van der Waals surface area contributed by atoms with Gasteiger partial charge in [-0.2, -0.15) is 0 Å². The molecule has 2 aromatic carbocycles. The van der Waals surface area contributed by atoms with Crippen molar-refractivity contribution in [1.29, 1.82) is 0 Å². The number of likely N-dealkylation sites (N-methyl/N-ethyl adjacent to an activating group) is 1. The number of anilines is 1. The lowest BCUT2D eigenvalue weighted by atomic mass is 10.1. The van der Waals surface area contributed by atoms with Crippen molar-refractivity contribution in [1.82, 2.24) is 4.90 Å². The Morgan fingerprint density at radius 3 is 2.70 bits per heavy atom. The van der Waals surface area contributed by atoms with Crippen molar-refractivity contribution in [3.05, 3.63) is 75.1 Å². The molecule has 5 nitrogen and oxygen atoms in total. The number of benzene rings is 2. The highest BCUT2D eigenvalue weighted by Crippen LogP contribution is 2.21. The van der Waals surface area contributed by atoms with Crippen molar-refractivity contribution >= 4 is 34.2 Å². The van der Waals surface area contributed by atoms with Crippen molar-refractivity contribution in [2.24, 2.45) is 0 Å². The highest BCUT2D eigenvalue weighted by molar-refractivity contribution is 6.33. The maximum atomic E-state index is 12.3. The maximum Gasteiger partial charge on any atom is 0.336 e. The summed E-state index contributed by atoms with van der Waals surface area (Å²) in [4.78, 5) is 26.0. The molecule has 1 N–H and O–H groups in total. The molecule has 0 atom stereocenters. The molecule has 3 rings (SSSR count). The number of nitrogens with zero attached hydrogens (tertiary/aromatic N) is 1. The number of para-hydroxylation sites is 1. The van der Waals surface area contributed by atoms with Crippen LogP contribution in [0.2, 0.25) is 5.02 Å². The molecule has 0 unspecified atom stereocenters. The topological polar surface area (TPSA) is 62.6 Å². The Morgan fingerprint density at radius 1 is 1.19 bits per heavy atom. The third-order valence-corrected chi connectivity index (χ3v) is 4.63. The SMILES string of the molecule is CCc1ccc2c(CN(C)CC(=O)Nc3ccccc3Cl)cc(=O)oc2c1. The van der Waals surface area contributed by atoms with E-state index in [1.54, 1.807) is 18.2 Å². The Kier molecular flexibility index (Phi) is 5.94. The van der Waals surface area contributed by atoms with Crippen LogP contribution >= 0.6 is 11.6 Å². The molecule has 1 amide bonds. The molecule has 3 aromatic rings. The summed E-state index contributed by atoms with van der Waals surface area (Å²) in [5.41, 5.74) is 2.70. The Bertz CT molecular complexity index is 1030. The number of hydrogen-bond acceptors (Lipinski definition) is 4. The minimum absolute atomic E-state index is 0.167. The summed E-state index contributed by atoms with van der Waals surface area (Å²) in [6, 6.07) is 14.5. The fraction of sp³-hybridized carbons (Fsp3) is 0.238. The number of aryl methyl sites for hydroxylation is 1. The molecule has 0 fully saturated rings. The van der Waals surface area contributed by atoms with Gasteiger partial charge in [0.2, 0.25) is 5.91 Å². The van der Waals surface area contributed by atoms with Crippen LogP contribution < -0.4 is 10.9 Å². The first-order valence-electron chi connectivity index (χ1n) is 8.75. The lowest BCUT2D eigenvalue weighted by Gasteiger charge is -2.17. The summed E-state index contributed by atoms with van der Waals surface area (Å²) in [5.74, 6) is -0.175. The van der Waals surface area contributed by atoms with E-state index in [1.165, 1.54) is 6.07 Å². The lowest BCUT2D eigenvalue weighted by Crippen LogP contribution is -2.30. The van der Waals surface area contributed by atoms with Crippen LogP contribution in [0.4, 0.5) is 5.69 Å². The van der Waals surface area contributed by atoms with Gasteiger partial charge in [-0.3, -0.25) is 9.69 Å². The molecule has 0 aliphatic heterocycles. The predicted molar refractivity (Wildman–Crippen MR) is 108 cm³/mol. The number of amides is 1. The number of nitrogens with one attached hydrogen (secondary N) is 1. The van der Waals surface area contributed by atoms with Crippen LogP contribution in [0.25, 0.3) is 11.0 Å². The monoisotopic (exact) mass is 384 g/mol. The van der Waals surface area contributed by atoms with Crippen LogP contribution in [-0.2, 0) is 17.8 Å². The first-order valence-corrected chi connectivity index (χ1v) is 9.12. The third kappa shape index (κ3) is 4.76. The predicted octanol–water partition coefficient (Wildman–Crippen LogP) is 4.08. The largest absolute Gasteiger partial charge is 0.423 e. The van der Waals surface area contributed by atoms with E-state index < -0.39 is 0 Å². The second-order valence-corrected chi connectivity index (χ2v) is 6.88. The van der Waals surface area contributed by atoms with Gasteiger partial charge in [0.15, 0.2) is 0 Å². The molecule has 1 heterocycles. The van der Waals surface area contributed by atoms with Gasteiger partial charge in [0, 0.05) is 18.0 Å². The van der Waals surface area contributed by atoms with Crippen LogP contribution in [-0.4, -0.2) is 24.4 Å². The molecule has 0 aliphatic rings. The van der Waals surface area contributed by atoms with Crippen molar-refractivity contribution in [2.45, 2.75) is 19.9 Å². The van der Waals surface area contributed by atoms with Gasteiger partial charge in [0.05, 0.1) is 17.3 Å². The van der Waals surface area contributed by atoms with Gasteiger partial charge < -0.3 is 9.73 Å². The van der Waals surface area contributed by atoms with Crippen LogP contribution in [0.1, 0.15) is 18.1 Å². The van der Waals surface area contributed by atoms with E-state index >= 15 is 0 Å². The Morgan fingerprint density at radius 2 is 1.96 bits per heavy atom. The van der Waals surface area contributed by atoms with Gasteiger partial charge in [0.1, 0.15) is 5.58 Å². The zero-order chi connectivity index (χ0) is 19.4. The third-order valence-electron chi connectivity index (χ3n) is 4.30. The summed E-state index contributed by atoms with van der Waals surface area (Å²) in [6.45, 7) is 2.66. The van der Waals surface area contributed by atoms with E-state index in [2.05, 4.69) is 12.2 Å². The highest BCUT2D eigenvalue weighted by atomic mass is 35.5. The summed E-state index contributed by atoms with van der Waals surface area (Å²) in [5, 5.41) is 4.17. The average Bonchev–Trinajstić information content (AvgIpc) is 2.62. The second-order valence-electron chi connectivity index (χ2n) is 6.48. The summed E-state index contributed by atoms with van der Waals surface area (Å²) >= 11 is 6.07. The van der Waals surface area contributed by atoms with E-state index in [-0.39, 0.29) is 18.1 Å². The van der Waals surface area contributed by atoms with E-state index in [9.17, 15) is 9.59 Å². The Hall–Kier alpha value is -2.63. The minimum atomic E-state index is -0.389. The highest BCUT2D eigenvalue weighted by Gasteiger charge is 2.12. The number of hydrogen-bond donors (Lipinski definition) is 1. The van der Waals surface area contributed by atoms with Gasteiger partial charge in [-0.05, 0) is 42.8 Å². The number of rotatable bonds is 6. The van der Waals surface area contributed by atoms with Crippen LogP contribution in [0, 0.1) is 0 Å². The molecule has 0 radical (unpaired) electrons. The molecule has 1 aromatic heterocycles. The molecular weight excluding hydrogens is 364 g/mol. The second kappa shape index (κ2) is 8.37. The number of carbonyl (C=O) groups excluding carboxylic acids is 1. The van der Waals surface area contributed by atoms with Gasteiger partial charge in [-0.1, -0.05) is 42.8 Å². The summed E-state index contributed by atoms with van der Waals surface area (Å²) < 4.78 is 5.33. The summed E-state index contributed by atoms with van der Waals surface area (Å²) in [7, 11) is 1.83. The van der Waals surface area contributed by atoms with Gasteiger partial charge >= 0.3 is 5.63 Å². The van der Waals surface area contributed by atoms with Crippen LogP contribution in [0.5, 0.6) is 0 Å². The van der Waals surface area contributed by atoms with Crippen molar-refractivity contribution < 1.29 is 9.21 Å². The number of carbonyl (C=O) groups is 1. The first kappa shape index (κ1) is 19.1. The zero-order valence-corrected chi connectivity index (χ0v) is 16.0. The van der Waals surface area contributed by atoms with Gasteiger partial charge in [0.25, 0.3) is 0 Å². The number of fused-ring (bicyclic) bond motifs is 1. The lowest BCUT2D eigenvalue weighted by molar-refractivity contribution is -0.117. The fourth-order valence-corrected chi connectivity index (χ4v) is 3.15. The number of halogens is 1. The maximum absolute atomic E-state index is 12.3. The molecule has 140 valence electrons. The quantitative estimate of drug-likeness (QED) is 0.650. The van der Waals surface area contributed by atoms with Gasteiger partial charge in [-0.15, -0.1) is 0 Å². The van der Waals surface area contributed by atoms with E-state index in [4.69, 9.17) is 16.0 Å². The van der Waals surface area contributed by atoms with E-state index in [1.807, 2.05) is 36.2 Å². The molecule has 0 bridgehead atoms. The Balaban J connectivity index is 1.74. The van der Waals surface area contributed by atoms with Crippen molar-refractivity contribution in [3.8, 4) is 0 Å². The first-order chi connectivity index (χ1) is 13.0. The molecule has 0 aliphatic carbocycles. The molecule has 0 saturated carbocycles. The van der Waals surface area contributed by atoms with Crippen LogP contribution in [0.15, 0.2) is 57.7 Å². The standard InChI is InChI=1S/C21H21ClN2O3/c1-3-14-8-9-16-15(11-21(26)27-19(16)10-14)12-24(2)13-20(25)23-18-7-5-4-6-17(18)22/h4-11H,3,12-13H2,1-2H3,(H,23,25). The van der Waals surface area contributed by atoms with E-state index in [0.29, 0.717) is 22.8 Å². The smallest absolute Gasteiger partial charge is 0.336 e. The van der Waals surface area contributed by atoms with E-state index in [0.717, 1.165) is 22.9 Å². The Labute approximate surface area is 162 Å². The molecule has 0 saturated heterocycles. The average molecular weight is 385 g/mol. The van der Waals surface area contributed by atoms with Crippen molar-refractivity contribution in [3.63, 3.8) is 0 Å². The van der Waals surface area contributed by atoms with Crippen LogP contribution in [0.3, 0.4) is 0 Å². The summed E-state index contributed by atoms with van der Waals surface area (Å²) in [6.07, 6.45) is 0.867.